The van der Waals surface area contributed by atoms with Gasteiger partial charge in [0.2, 0.25) is 0 Å². The molecule has 0 radical (unpaired) electrons. The third kappa shape index (κ3) is 4.24. The SMILES string of the molecule is Cc1ccc(-c2ccc(=O)n(Cc3noc(C(=O)N4CCN(C)CC4)n3)n2)cc1. The molecule has 1 fully saturated rings. The van der Waals surface area contributed by atoms with Gasteiger partial charge in [-0.05, 0) is 20.0 Å². The van der Waals surface area contributed by atoms with E-state index in [1.165, 1.54) is 10.7 Å². The van der Waals surface area contributed by atoms with Crippen molar-refractivity contribution in [2.45, 2.75) is 13.5 Å². The molecule has 0 atom stereocenters. The van der Waals surface area contributed by atoms with Crippen molar-refractivity contribution in [3.63, 3.8) is 0 Å². The molecule has 1 aromatic carbocycles. The Hall–Kier alpha value is -3.33. The number of benzene rings is 1. The standard InChI is InChI=1S/C20H22N6O3/c1-14-3-5-15(6-4-14)16-7-8-18(27)26(22-16)13-17-21-19(29-23-17)20(28)25-11-9-24(2)10-12-25/h3-8H,9-13H2,1-2H3. The van der Waals surface area contributed by atoms with E-state index in [9.17, 15) is 9.59 Å². The fourth-order valence-corrected chi connectivity index (χ4v) is 3.12. The molecule has 3 aromatic rings. The van der Waals surface area contributed by atoms with Gasteiger partial charge in [-0.2, -0.15) is 10.1 Å². The van der Waals surface area contributed by atoms with E-state index < -0.39 is 0 Å². The van der Waals surface area contributed by atoms with Gasteiger partial charge in [0.1, 0.15) is 6.54 Å². The van der Waals surface area contributed by atoms with E-state index in [0.29, 0.717) is 18.8 Å². The summed E-state index contributed by atoms with van der Waals surface area (Å²) in [5.41, 5.74) is 2.44. The Morgan fingerprint density at radius 1 is 1.07 bits per heavy atom. The molecule has 0 N–H and O–H groups in total. The van der Waals surface area contributed by atoms with Gasteiger partial charge in [-0.3, -0.25) is 9.59 Å². The van der Waals surface area contributed by atoms with Crippen LogP contribution in [0.25, 0.3) is 11.3 Å². The molecule has 2 aromatic heterocycles. The van der Waals surface area contributed by atoms with Crippen LogP contribution >= 0.6 is 0 Å². The van der Waals surface area contributed by atoms with E-state index in [1.807, 2.05) is 38.2 Å². The van der Waals surface area contributed by atoms with Crippen LogP contribution in [0, 0.1) is 6.92 Å². The molecule has 0 unspecified atom stereocenters. The number of amides is 1. The Bertz CT molecular complexity index is 1060. The van der Waals surface area contributed by atoms with Gasteiger partial charge in [-0.25, -0.2) is 4.68 Å². The molecule has 9 nitrogen and oxygen atoms in total. The summed E-state index contributed by atoms with van der Waals surface area (Å²) in [7, 11) is 2.02. The highest BCUT2D eigenvalue weighted by Crippen LogP contribution is 2.16. The summed E-state index contributed by atoms with van der Waals surface area (Å²) in [5, 5.41) is 8.26. The second-order valence-electron chi connectivity index (χ2n) is 7.19. The first-order chi connectivity index (χ1) is 14.0. The van der Waals surface area contributed by atoms with E-state index in [4.69, 9.17) is 4.52 Å². The van der Waals surface area contributed by atoms with Crippen molar-refractivity contribution in [2.24, 2.45) is 0 Å². The third-order valence-corrected chi connectivity index (χ3v) is 4.95. The third-order valence-electron chi connectivity index (χ3n) is 4.95. The highest BCUT2D eigenvalue weighted by molar-refractivity contribution is 5.89. The van der Waals surface area contributed by atoms with Crippen LogP contribution in [0.5, 0.6) is 0 Å². The van der Waals surface area contributed by atoms with E-state index >= 15 is 0 Å². The summed E-state index contributed by atoms with van der Waals surface area (Å²) >= 11 is 0. The average Bonchev–Trinajstić information content (AvgIpc) is 3.19. The first kappa shape index (κ1) is 19.0. The van der Waals surface area contributed by atoms with Crippen LogP contribution in [0.3, 0.4) is 0 Å². The summed E-state index contributed by atoms with van der Waals surface area (Å²) in [5.74, 6) is -0.115. The van der Waals surface area contributed by atoms with E-state index in [2.05, 4.69) is 20.1 Å². The van der Waals surface area contributed by atoms with Gasteiger partial charge < -0.3 is 14.3 Å². The van der Waals surface area contributed by atoms with E-state index in [1.54, 1.807) is 11.0 Å². The molecule has 3 heterocycles. The summed E-state index contributed by atoms with van der Waals surface area (Å²) in [4.78, 5) is 32.8. The van der Waals surface area contributed by atoms with Crippen LogP contribution in [-0.2, 0) is 6.54 Å². The Kier molecular flexibility index (Phi) is 5.22. The van der Waals surface area contributed by atoms with Crippen LogP contribution in [-0.4, -0.2) is 68.9 Å². The zero-order valence-corrected chi connectivity index (χ0v) is 16.4. The fraction of sp³-hybridized carbons (Fsp3) is 0.350. The number of carbonyl (C=O) groups is 1. The number of carbonyl (C=O) groups excluding carboxylic acids is 1. The van der Waals surface area contributed by atoms with Crippen molar-refractivity contribution in [1.29, 1.82) is 0 Å². The first-order valence-electron chi connectivity index (χ1n) is 9.45. The maximum Gasteiger partial charge on any atom is 0.316 e. The molecular weight excluding hydrogens is 372 g/mol. The minimum atomic E-state index is -0.287. The topological polar surface area (TPSA) is 97.4 Å². The van der Waals surface area contributed by atoms with Gasteiger partial charge in [0.25, 0.3) is 5.56 Å². The van der Waals surface area contributed by atoms with Crippen LogP contribution < -0.4 is 5.56 Å². The van der Waals surface area contributed by atoms with Crippen molar-refractivity contribution in [3.05, 3.63) is 64.0 Å². The van der Waals surface area contributed by atoms with Crippen molar-refractivity contribution < 1.29 is 9.32 Å². The largest absolute Gasteiger partial charge is 0.332 e. The fourth-order valence-electron chi connectivity index (χ4n) is 3.12. The number of aromatic nitrogens is 4. The molecule has 0 bridgehead atoms. The van der Waals surface area contributed by atoms with Crippen LogP contribution in [0.1, 0.15) is 22.1 Å². The zero-order valence-electron chi connectivity index (χ0n) is 16.4. The van der Waals surface area contributed by atoms with Gasteiger partial charge in [0.05, 0.1) is 5.69 Å². The predicted octanol–water partition coefficient (Wildman–Crippen LogP) is 1.04. The number of piperazine rings is 1. The van der Waals surface area contributed by atoms with Gasteiger partial charge in [0.15, 0.2) is 5.82 Å². The quantitative estimate of drug-likeness (QED) is 0.652. The number of hydrogen-bond acceptors (Lipinski definition) is 7. The van der Waals surface area contributed by atoms with E-state index in [0.717, 1.165) is 24.2 Å². The number of likely N-dealkylation sites (N-methyl/N-ethyl adjacent to an activating group) is 1. The van der Waals surface area contributed by atoms with Crippen LogP contribution in [0.2, 0.25) is 0 Å². The van der Waals surface area contributed by atoms with Crippen molar-refractivity contribution >= 4 is 5.91 Å². The normalized spacial score (nSPS) is 14.9. The molecule has 0 aliphatic carbocycles. The van der Waals surface area contributed by atoms with Crippen molar-refractivity contribution in [2.75, 3.05) is 33.2 Å². The Morgan fingerprint density at radius 2 is 1.79 bits per heavy atom. The lowest BCUT2D eigenvalue weighted by Crippen LogP contribution is -2.47. The molecule has 0 saturated carbocycles. The van der Waals surface area contributed by atoms with Crippen LogP contribution in [0.15, 0.2) is 45.7 Å². The second kappa shape index (κ2) is 7.96. The Balaban J connectivity index is 1.51. The maximum absolute atomic E-state index is 12.5. The smallest absolute Gasteiger partial charge is 0.316 e. The molecule has 1 aliphatic heterocycles. The minimum absolute atomic E-state index is 0.0258. The Morgan fingerprint density at radius 3 is 2.52 bits per heavy atom. The zero-order chi connectivity index (χ0) is 20.4. The van der Waals surface area contributed by atoms with Crippen LogP contribution in [0.4, 0.5) is 0 Å². The lowest BCUT2D eigenvalue weighted by Gasteiger charge is -2.31. The highest BCUT2D eigenvalue weighted by Gasteiger charge is 2.25. The summed E-state index contributed by atoms with van der Waals surface area (Å²) < 4.78 is 6.41. The molecule has 150 valence electrons. The lowest BCUT2D eigenvalue weighted by molar-refractivity contribution is 0.0615. The van der Waals surface area contributed by atoms with E-state index in [-0.39, 0.29) is 29.7 Å². The Labute approximate surface area is 167 Å². The second-order valence-corrected chi connectivity index (χ2v) is 7.19. The molecule has 9 heteroatoms. The van der Waals surface area contributed by atoms with Gasteiger partial charge in [0, 0.05) is 37.8 Å². The van der Waals surface area contributed by atoms with Gasteiger partial charge >= 0.3 is 11.8 Å². The minimum Gasteiger partial charge on any atom is -0.332 e. The molecule has 29 heavy (non-hydrogen) atoms. The molecule has 0 spiro atoms. The highest BCUT2D eigenvalue weighted by atomic mass is 16.5. The predicted molar refractivity (Wildman–Crippen MR) is 105 cm³/mol. The van der Waals surface area contributed by atoms with Crippen molar-refractivity contribution in [3.8, 4) is 11.3 Å². The van der Waals surface area contributed by atoms with Gasteiger partial charge in [-0.1, -0.05) is 35.0 Å². The lowest BCUT2D eigenvalue weighted by atomic mass is 10.1. The molecule has 4 rings (SSSR count). The monoisotopic (exact) mass is 394 g/mol. The maximum atomic E-state index is 12.5. The molecule has 1 aliphatic rings. The number of aryl methyl sites for hydroxylation is 1. The van der Waals surface area contributed by atoms with Crippen molar-refractivity contribution in [1.82, 2.24) is 29.7 Å². The van der Waals surface area contributed by atoms with Gasteiger partial charge in [-0.15, -0.1) is 0 Å². The number of nitrogens with zero attached hydrogens (tertiary/aromatic N) is 6. The molecular formula is C20H22N6O3. The summed E-state index contributed by atoms with van der Waals surface area (Å²) in [6.45, 7) is 4.88. The number of rotatable bonds is 4. The summed E-state index contributed by atoms with van der Waals surface area (Å²) in [6, 6.07) is 11.0. The number of hydrogen-bond donors (Lipinski definition) is 0. The molecule has 1 amide bonds. The first-order valence-corrected chi connectivity index (χ1v) is 9.45. The molecule has 1 saturated heterocycles. The average molecular weight is 394 g/mol. The summed E-state index contributed by atoms with van der Waals surface area (Å²) in [6.07, 6.45) is 0.